The van der Waals surface area contributed by atoms with E-state index in [1.807, 2.05) is 0 Å². The van der Waals surface area contributed by atoms with Gasteiger partial charge in [0.2, 0.25) is 0 Å². The first-order valence-electron chi connectivity index (χ1n) is 4.69. The third-order valence-electron chi connectivity index (χ3n) is 2.14. The largest absolute Gasteiger partial charge is 0.502 e. The van der Waals surface area contributed by atoms with Crippen molar-refractivity contribution in [1.29, 1.82) is 0 Å². The van der Waals surface area contributed by atoms with Crippen LogP contribution in [0.25, 0.3) is 6.08 Å². The van der Waals surface area contributed by atoms with Crippen molar-refractivity contribution in [2.45, 2.75) is 0 Å². The summed E-state index contributed by atoms with van der Waals surface area (Å²) in [6.07, 6.45) is 1.37. The van der Waals surface area contributed by atoms with Gasteiger partial charge in [-0.05, 0) is 35.5 Å². The van der Waals surface area contributed by atoms with Crippen LogP contribution in [0.5, 0.6) is 5.75 Å². The zero-order valence-electron chi connectivity index (χ0n) is 8.75. The van der Waals surface area contributed by atoms with Gasteiger partial charge >= 0.3 is 5.69 Å². The Morgan fingerprint density at radius 1 is 1.39 bits per heavy atom. The zero-order valence-corrected chi connectivity index (χ0v) is 9.56. The number of hydrogen-bond acceptors (Lipinski definition) is 6. The molecule has 18 heavy (non-hydrogen) atoms. The molecule has 0 bridgehead atoms. The van der Waals surface area contributed by atoms with Gasteiger partial charge in [0.05, 0.1) is 9.83 Å². The first-order chi connectivity index (χ1) is 8.47. The molecule has 0 atom stereocenters. The highest BCUT2D eigenvalue weighted by Crippen LogP contribution is 2.30. The van der Waals surface area contributed by atoms with Crippen LogP contribution in [-0.2, 0) is 4.79 Å². The van der Waals surface area contributed by atoms with E-state index in [1.54, 1.807) is 0 Å². The molecule has 1 aromatic rings. The van der Waals surface area contributed by atoms with Crippen LogP contribution in [-0.4, -0.2) is 21.2 Å². The van der Waals surface area contributed by atoms with E-state index in [2.05, 4.69) is 5.32 Å². The average molecular weight is 266 g/mol. The van der Waals surface area contributed by atoms with Crippen molar-refractivity contribution in [2.24, 2.45) is 0 Å². The molecule has 8 heteroatoms. The Morgan fingerprint density at radius 3 is 2.61 bits per heavy atom. The molecule has 2 N–H and O–H groups in total. The van der Waals surface area contributed by atoms with Crippen LogP contribution in [0.2, 0.25) is 0 Å². The lowest BCUT2D eigenvalue weighted by atomic mass is 10.1. The number of aromatic hydroxyl groups is 1. The van der Waals surface area contributed by atoms with Crippen molar-refractivity contribution in [3.8, 4) is 5.75 Å². The van der Waals surface area contributed by atoms with Gasteiger partial charge < -0.3 is 5.11 Å². The van der Waals surface area contributed by atoms with Crippen LogP contribution in [0.15, 0.2) is 23.1 Å². The lowest BCUT2D eigenvalue weighted by Crippen LogP contribution is -2.17. The molecule has 92 valence electrons. The molecule has 0 saturated carbocycles. The van der Waals surface area contributed by atoms with Crippen molar-refractivity contribution < 1.29 is 19.6 Å². The van der Waals surface area contributed by atoms with Gasteiger partial charge in [-0.1, -0.05) is 0 Å². The minimum Gasteiger partial charge on any atom is -0.502 e. The third kappa shape index (κ3) is 2.33. The summed E-state index contributed by atoms with van der Waals surface area (Å²) in [5.41, 5.74) is -0.0257. The molecular weight excluding hydrogens is 260 g/mol. The lowest BCUT2D eigenvalue weighted by Gasteiger charge is -1.98. The zero-order chi connectivity index (χ0) is 13.3. The van der Waals surface area contributed by atoms with Gasteiger partial charge in [-0.3, -0.25) is 25.0 Å². The average Bonchev–Trinajstić information content (AvgIpc) is 2.57. The van der Waals surface area contributed by atoms with Crippen molar-refractivity contribution in [3.05, 3.63) is 38.8 Å². The third-order valence-corrected chi connectivity index (χ3v) is 2.95. The Morgan fingerprint density at radius 2 is 2.11 bits per heavy atom. The van der Waals surface area contributed by atoms with Crippen LogP contribution in [0.1, 0.15) is 5.56 Å². The maximum atomic E-state index is 11.3. The van der Waals surface area contributed by atoms with Crippen molar-refractivity contribution in [3.63, 3.8) is 0 Å². The summed E-state index contributed by atoms with van der Waals surface area (Å²) in [7, 11) is 0. The second-order valence-electron chi connectivity index (χ2n) is 3.36. The summed E-state index contributed by atoms with van der Waals surface area (Å²) in [5, 5.41) is 21.5. The van der Waals surface area contributed by atoms with E-state index < -0.39 is 27.5 Å². The van der Waals surface area contributed by atoms with Gasteiger partial charge in [-0.25, -0.2) is 0 Å². The molecule has 2 amide bonds. The number of nitrogens with zero attached hydrogens (tertiary/aromatic N) is 1. The predicted molar refractivity (Wildman–Crippen MR) is 63.9 cm³/mol. The number of nitro groups is 1. The monoisotopic (exact) mass is 266 g/mol. The number of thioether (sulfide) groups is 1. The first kappa shape index (κ1) is 12.1. The summed E-state index contributed by atoms with van der Waals surface area (Å²) in [4.78, 5) is 32.1. The summed E-state index contributed by atoms with van der Waals surface area (Å²) in [5.74, 6) is -1.02. The van der Waals surface area contributed by atoms with Crippen LogP contribution < -0.4 is 5.32 Å². The Balaban J connectivity index is 2.33. The smallest absolute Gasteiger partial charge is 0.310 e. The van der Waals surface area contributed by atoms with Crippen LogP contribution in [0.4, 0.5) is 10.5 Å². The van der Waals surface area contributed by atoms with Gasteiger partial charge in [0.1, 0.15) is 0 Å². The molecule has 1 saturated heterocycles. The van der Waals surface area contributed by atoms with Gasteiger partial charge in [0.15, 0.2) is 5.75 Å². The van der Waals surface area contributed by atoms with E-state index in [9.17, 15) is 24.8 Å². The van der Waals surface area contributed by atoms with Gasteiger partial charge in [-0.2, -0.15) is 0 Å². The number of nitrogens with one attached hydrogen (secondary N) is 1. The number of rotatable bonds is 2. The van der Waals surface area contributed by atoms with Gasteiger partial charge in [-0.15, -0.1) is 0 Å². The highest BCUT2D eigenvalue weighted by molar-refractivity contribution is 8.18. The molecule has 0 aromatic heterocycles. The summed E-state index contributed by atoms with van der Waals surface area (Å²) in [6.45, 7) is 0. The summed E-state index contributed by atoms with van der Waals surface area (Å²) in [6, 6.07) is 3.66. The van der Waals surface area contributed by atoms with Crippen molar-refractivity contribution >= 4 is 34.7 Å². The molecule has 0 unspecified atom stereocenters. The molecule has 1 heterocycles. The number of phenols is 1. The maximum absolute atomic E-state index is 11.3. The van der Waals surface area contributed by atoms with E-state index in [0.29, 0.717) is 5.56 Å². The Kier molecular flexibility index (Phi) is 3.02. The van der Waals surface area contributed by atoms with E-state index in [4.69, 9.17) is 0 Å². The van der Waals surface area contributed by atoms with Gasteiger partial charge in [0, 0.05) is 6.07 Å². The van der Waals surface area contributed by atoms with E-state index in [0.717, 1.165) is 23.9 Å². The van der Waals surface area contributed by atoms with E-state index >= 15 is 0 Å². The number of phenolic OH excluding ortho intramolecular Hbond substituents is 1. The highest BCUT2D eigenvalue weighted by Gasteiger charge is 2.25. The maximum Gasteiger partial charge on any atom is 0.310 e. The molecule has 1 aliphatic heterocycles. The normalized spacial score (nSPS) is 17.0. The summed E-state index contributed by atoms with van der Waals surface area (Å²) < 4.78 is 0. The Bertz CT molecular complexity index is 596. The van der Waals surface area contributed by atoms with Crippen LogP contribution in [0.3, 0.4) is 0 Å². The molecule has 0 radical (unpaired) electrons. The molecule has 2 rings (SSSR count). The quantitative estimate of drug-likeness (QED) is 0.478. The fourth-order valence-corrected chi connectivity index (χ4v) is 2.04. The number of benzene rings is 1. The first-order valence-corrected chi connectivity index (χ1v) is 5.51. The van der Waals surface area contributed by atoms with Crippen molar-refractivity contribution in [1.82, 2.24) is 5.32 Å². The number of carbonyl (C=O) groups is 2. The fourth-order valence-electron chi connectivity index (χ4n) is 1.36. The molecular formula is C10H6N2O5S. The standard InChI is InChI=1S/C10H6N2O5S/c13-7-3-5(1-2-6(7)12(16)17)4-8-9(14)11-10(15)18-8/h1-4,13H,(H,11,14,15)/b8-4+. The molecule has 1 aromatic carbocycles. The number of carbonyl (C=O) groups excluding carboxylic acids is 2. The molecule has 0 spiro atoms. The second kappa shape index (κ2) is 4.49. The Labute approximate surface area is 105 Å². The van der Waals surface area contributed by atoms with Crippen LogP contribution in [0, 0.1) is 10.1 Å². The minimum absolute atomic E-state index is 0.174. The van der Waals surface area contributed by atoms with Gasteiger partial charge in [0.25, 0.3) is 11.1 Å². The number of amides is 2. The second-order valence-corrected chi connectivity index (χ2v) is 4.37. The highest BCUT2D eigenvalue weighted by atomic mass is 32.2. The number of imide groups is 1. The fraction of sp³-hybridized carbons (Fsp3) is 0. The molecule has 0 aliphatic carbocycles. The lowest BCUT2D eigenvalue weighted by molar-refractivity contribution is -0.385. The predicted octanol–water partition coefficient (Wildman–Crippen LogP) is 1.62. The topological polar surface area (TPSA) is 110 Å². The summed E-state index contributed by atoms with van der Waals surface area (Å²) >= 11 is 0.731. The van der Waals surface area contributed by atoms with E-state index in [-0.39, 0.29) is 4.91 Å². The van der Waals surface area contributed by atoms with E-state index in [1.165, 1.54) is 12.1 Å². The molecule has 1 fully saturated rings. The Hall–Kier alpha value is -2.35. The van der Waals surface area contributed by atoms with Crippen LogP contribution >= 0.6 is 11.8 Å². The number of nitro benzene ring substituents is 1. The SMILES string of the molecule is O=C1NC(=O)/C(=C\c2ccc([N+](=O)[O-])c(O)c2)S1. The minimum atomic E-state index is -0.715. The van der Waals surface area contributed by atoms with Crippen molar-refractivity contribution in [2.75, 3.05) is 0 Å². The molecule has 1 aliphatic rings. The molecule has 7 nitrogen and oxygen atoms in total. The number of hydrogen-bond donors (Lipinski definition) is 2.